The summed E-state index contributed by atoms with van der Waals surface area (Å²) < 4.78 is 4.74. The third-order valence-corrected chi connectivity index (χ3v) is 0.917. The Morgan fingerprint density at radius 3 is 2.70 bits per heavy atom. The summed E-state index contributed by atoms with van der Waals surface area (Å²) in [4.78, 5) is 14.3. The van der Waals surface area contributed by atoms with Gasteiger partial charge in [0.25, 0.3) is 0 Å². The van der Waals surface area contributed by atoms with Crippen molar-refractivity contribution in [3.05, 3.63) is 0 Å². The van der Waals surface area contributed by atoms with Crippen LogP contribution in [0.2, 0.25) is 0 Å². The maximum Gasteiger partial charge on any atom is 0.332 e. The Balaban J connectivity index is 3.21. The van der Waals surface area contributed by atoms with Crippen molar-refractivity contribution >= 4 is 5.97 Å². The first kappa shape index (κ1) is 9.35. The standard InChI is InChI=1S/C5H11NO4/c1-4(5(7)8)9-2-3-10-6/h4H,2-3,6H2,1H3,(H,7,8). The van der Waals surface area contributed by atoms with Crippen LogP contribution in [0.3, 0.4) is 0 Å². The number of hydrogen-bond donors (Lipinski definition) is 2. The van der Waals surface area contributed by atoms with E-state index in [2.05, 4.69) is 10.7 Å². The van der Waals surface area contributed by atoms with Gasteiger partial charge in [-0.3, -0.25) is 0 Å². The Morgan fingerprint density at radius 2 is 2.30 bits per heavy atom. The molecule has 3 N–H and O–H groups in total. The monoisotopic (exact) mass is 149 g/mol. The highest BCUT2D eigenvalue weighted by molar-refractivity contribution is 5.71. The Morgan fingerprint density at radius 1 is 1.70 bits per heavy atom. The summed E-state index contributed by atoms with van der Waals surface area (Å²) in [6, 6.07) is 0. The minimum absolute atomic E-state index is 0.198. The second-order valence-electron chi connectivity index (χ2n) is 1.72. The summed E-state index contributed by atoms with van der Waals surface area (Å²) in [5, 5.41) is 8.28. The van der Waals surface area contributed by atoms with E-state index in [0.29, 0.717) is 0 Å². The number of rotatable bonds is 5. The summed E-state index contributed by atoms with van der Waals surface area (Å²) in [6.45, 7) is 1.85. The topological polar surface area (TPSA) is 81.8 Å². The molecule has 5 heteroatoms. The van der Waals surface area contributed by atoms with Crippen molar-refractivity contribution in [2.24, 2.45) is 5.90 Å². The molecule has 0 amide bonds. The number of aliphatic carboxylic acids is 1. The Bertz CT molecular complexity index is 106. The molecule has 1 unspecified atom stereocenters. The molecule has 0 radical (unpaired) electrons. The number of nitrogens with two attached hydrogens (primary N) is 1. The van der Waals surface area contributed by atoms with E-state index in [1.54, 1.807) is 0 Å². The van der Waals surface area contributed by atoms with Crippen molar-refractivity contribution in [1.29, 1.82) is 0 Å². The van der Waals surface area contributed by atoms with Gasteiger partial charge in [-0.05, 0) is 6.92 Å². The molecule has 0 heterocycles. The normalized spacial score (nSPS) is 13.0. The van der Waals surface area contributed by atoms with Gasteiger partial charge in [-0.1, -0.05) is 0 Å². The lowest BCUT2D eigenvalue weighted by molar-refractivity contribution is -0.150. The van der Waals surface area contributed by atoms with Gasteiger partial charge >= 0.3 is 5.97 Å². The van der Waals surface area contributed by atoms with Gasteiger partial charge in [-0.2, -0.15) is 0 Å². The molecule has 0 spiro atoms. The molecule has 0 rings (SSSR count). The maximum atomic E-state index is 10.1. The van der Waals surface area contributed by atoms with Crippen LogP contribution in [0, 0.1) is 0 Å². The summed E-state index contributed by atoms with van der Waals surface area (Å²) in [6.07, 6.45) is -0.796. The Kier molecular flexibility index (Phi) is 4.82. The van der Waals surface area contributed by atoms with E-state index in [-0.39, 0.29) is 13.2 Å². The SMILES string of the molecule is CC(OCCON)C(=O)O. The van der Waals surface area contributed by atoms with Crippen LogP contribution < -0.4 is 5.90 Å². The fourth-order valence-corrected chi connectivity index (χ4v) is 0.344. The van der Waals surface area contributed by atoms with Crippen molar-refractivity contribution in [2.75, 3.05) is 13.2 Å². The van der Waals surface area contributed by atoms with Crippen LogP contribution in [0.1, 0.15) is 6.92 Å². The number of ether oxygens (including phenoxy) is 1. The van der Waals surface area contributed by atoms with E-state index in [4.69, 9.17) is 9.84 Å². The molecule has 0 fully saturated rings. The van der Waals surface area contributed by atoms with Crippen molar-refractivity contribution in [3.63, 3.8) is 0 Å². The highest BCUT2D eigenvalue weighted by atomic mass is 16.6. The zero-order valence-electron chi connectivity index (χ0n) is 5.74. The molecule has 0 aliphatic carbocycles. The van der Waals surface area contributed by atoms with Crippen LogP contribution in [-0.2, 0) is 14.4 Å². The molecular formula is C5H11NO4. The van der Waals surface area contributed by atoms with E-state index in [1.165, 1.54) is 6.92 Å². The van der Waals surface area contributed by atoms with Gasteiger partial charge in [0.05, 0.1) is 13.2 Å². The number of carbonyl (C=O) groups is 1. The van der Waals surface area contributed by atoms with Crippen molar-refractivity contribution in [3.8, 4) is 0 Å². The first-order chi connectivity index (χ1) is 4.68. The van der Waals surface area contributed by atoms with Gasteiger partial charge in [0.1, 0.15) is 0 Å². The molecule has 0 bridgehead atoms. The fourth-order valence-electron chi connectivity index (χ4n) is 0.344. The molecule has 1 atom stereocenters. The largest absolute Gasteiger partial charge is 0.479 e. The van der Waals surface area contributed by atoms with Crippen molar-refractivity contribution in [1.82, 2.24) is 0 Å². The van der Waals surface area contributed by atoms with Crippen LogP contribution in [-0.4, -0.2) is 30.4 Å². The minimum atomic E-state index is -0.989. The average molecular weight is 149 g/mol. The lowest BCUT2D eigenvalue weighted by atomic mass is 10.4. The van der Waals surface area contributed by atoms with E-state index >= 15 is 0 Å². The summed E-state index contributed by atoms with van der Waals surface area (Å²) in [5.74, 6) is 3.67. The number of carboxylic acid groups (broad SMARTS) is 1. The average Bonchev–Trinajstić information content (AvgIpc) is 1.88. The lowest BCUT2D eigenvalue weighted by Crippen LogP contribution is -2.22. The van der Waals surface area contributed by atoms with E-state index in [1.807, 2.05) is 0 Å². The first-order valence-electron chi connectivity index (χ1n) is 2.84. The number of hydrogen-bond acceptors (Lipinski definition) is 4. The smallest absolute Gasteiger partial charge is 0.332 e. The molecule has 5 nitrogen and oxygen atoms in total. The second-order valence-corrected chi connectivity index (χ2v) is 1.72. The van der Waals surface area contributed by atoms with Crippen LogP contribution >= 0.6 is 0 Å². The van der Waals surface area contributed by atoms with Gasteiger partial charge in [0.15, 0.2) is 6.10 Å². The predicted molar refractivity (Wildman–Crippen MR) is 33.2 cm³/mol. The van der Waals surface area contributed by atoms with Gasteiger partial charge in [0.2, 0.25) is 0 Å². The van der Waals surface area contributed by atoms with Crippen LogP contribution in [0.4, 0.5) is 0 Å². The highest BCUT2D eigenvalue weighted by Crippen LogP contribution is 1.88. The highest BCUT2D eigenvalue weighted by Gasteiger charge is 2.09. The van der Waals surface area contributed by atoms with E-state index < -0.39 is 12.1 Å². The minimum Gasteiger partial charge on any atom is -0.479 e. The lowest BCUT2D eigenvalue weighted by Gasteiger charge is -2.06. The predicted octanol–water partition coefficient (Wildman–Crippen LogP) is -0.634. The molecule has 0 aliphatic heterocycles. The fraction of sp³-hybridized carbons (Fsp3) is 0.800. The quantitative estimate of drug-likeness (QED) is 0.401. The van der Waals surface area contributed by atoms with Crippen molar-refractivity contribution in [2.45, 2.75) is 13.0 Å². The van der Waals surface area contributed by atoms with Gasteiger partial charge in [0, 0.05) is 0 Å². The van der Waals surface area contributed by atoms with Gasteiger partial charge in [-0.15, -0.1) is 0 Å². The molecule has 10 heavy (non-hydrogen) atoms. The van der Waals surface area contributed by atoms with E-state index in [0.717, 1.165) is 0 Å². The first-order valence-corrected chi connectivity index (χ1v) is 2.84. The Hall–Kier alpha value is -0.650. The third kappa shape index (κ3) is 4.25. The Labute approximate surface area is 58.7 Å². The molecule has 0 aliphatic rings. The van der Waals surface area contributed by atoms with Crippen LogP contribution in [0.15, 0.2) is 0 Å². The summed E-state index contributed by atoms with van der Waals surface area (Å²) in [5.41, 5.74) is 0. The van der Waals surface area contributed by atoms with E-state index in [9.17, 15) is 4.79 Å². The molecular weight excluding hydrogens is 138 g/mol. The molecule has 0 saturated carbocycles. The summed E-state index contributed by atoms with van der Waals surface area (Å²) in [7, 11) is 0. The maximum absolute atomic E-state index is 10.1. The molecule has 0 aromatic carbocycles. The molecule has 60 valence electrons. The van der Waals surface area contributed by atoms with Crippen LogP contribution in [0.25, 0.3) is 0 Å². The van der Waals surface area contributed by atoms with Gasteiger partial charge in [-0.25, -0.2) is 10.7 Å². The molecule has 0 aromatic rings. The summed E-state index contributed by atoms with van der Waals surface area (Å²) >= 11 is 0. The second kappa shape index (κ2) is 5.16. The zero-order valence-corrected chi connectivity index (χ0v) is 5.74. The number of carboxylic acids is 1. The third-order valence-electron chi connectivity index (χ3n) is 0.917. The molecule has 0 aromatic heterocycles. The van der Waals surface area contributed by atoms with Crippen molar-refractivity contribution < 1.29 is 19.5 Å². The van der Waals surface area contributed by atoms with Gasteiger partial charge < -0.3 is 14.7 Å². The van der Waals surface area contributed by atoms with Crippen LogP contribution in [0.5, 0.6) is 0 Å². The molecule has 0 saturated heterocycles. The zero-order chi connectivity index (χ0) is 7.98.